The second-order valence-corrected chi connectivity index (χ2v) is 9.13. The van der Waals surface area contributed by atoms with Gasteiger partial charge in [-0.1, -0.05) is 23.8 Å². The lowest BCUT2D eigenvalue weighted by molar-refractivity contribution is 0.107. The summed E-state index contributed by atoms with van der Waals surface area (Å²) >= 11 is 1.14. The van der Waals surface area contributed by atoms with Crippen LogP contribution in [-0.4, -0.2) is 61.8 Å². The van der Waals surface area contributed by atoms with Crippen molar-refractivity contribution >= 4 is 17.2 Å². The molecule has 4 heterocycles. The molecule has 2 bridgehead atoms. The van der Waals surface area contributed by atoms with Crippen LogP contribution in [0.25, 0.3) is 22.0 Å². The molecule has 2 fully saturated rings. The third-order valence-electron chi connectivity index (χ3n) is 6.21. The molecule has 0 amide bonds. The molecule has 0 saturated carbocycles. The molecule has 2 saturated heterocycles. The molecule has 2 aliphatic rings. The topological polar surface area (TPSA) is 124 Å². The molecule has 3 aromatic rings. The van der Waals surface area contributed by atoms with Crippen LogP contribution in [0.4, 0.5) is 10.2 Å². The van der Waals surface area contributed by atoms with Crippen LogP contribution < -0.4 is 10.2 Å². The number of hydrogen-bond acceptors (Lipinski definition) is 10. The molecule has 4 atom stereocenters. The Kier molecular flexibility index (Phi) is 5.40. The van der Waals surface area contributed by atoms with Crippen molar-refractivity contribution < 1.29 is 9.50 Å². The number of phenolic OH excluding ortho intramolecular Hbond substituents is 1. The van der Waals surface area contributed by atoms with Gasteiger partial charge in [-0.2, -0.15) is 5.26 Å². The second kappa shape index (κ2) is 8.37. The number of anilines is 1. The number of piperidine rings is 2. The van der Waals surface area contributed by atoms with E-state index in [1.54, 1.807) is 18.3 Å². The average Bonchev–Trinajstić information content (AvgIpc) is 3.31. The molecule has 0 radical (unpaired) electrons. The van der Waals surface area contributed by atoms with Crippen molar-refractivity contribution in [1.82, 2.24) is 30.7 Å². The maximum atomic E-state index is 15.0. The number of alkyl halides is 1. The average molecular weight is 453 g/mol. The van der Waals surface area contributed by atoms with E-state index >= 15 is 4.39 Å². The Morgan fingerprint density at radius 3 is 2.84 bits per heavy atom. The third kappa shape index (κ3) is 3.76. The Labute approximate surface area is 188 Å². The lowest BCUT2D eigenvalue weighted by Crippen LogP contribution is -2.61. The van der Waals surface area contributed by atoms with E-state index in [1.807, 2.05) is 18.0 Å². The first-order chi connectivity index (χ1) is 15.5. The van der Waals surface area contributed by atoms with Crippen LogP contribution in [0, 0.1) is 11.3 Å². The lowest BCUT2D eigenvalue weighted by atomic mass is 9.82. The number of aromatic nitrogens is 5. The van der Waals surface area contributed by atoms with Crippen molar-refractivity contribution in [2.75, 3.05) is 11.9 Å². The van der Waals surface area contributed by atoms with Crippen LogP contribution in [-0.2, 0) is 0 Å². The van der Waals surface area contributed by atoms with E-state index in [-0.39, 0.29) is 28.7 Å². The lowest BCUT2D eigenvalue weighted by Gasteiger charge is -2.45. The maximum absolute atomic E-state index is 15.0. The fourth-order valence-electron chi connectivity index (χ4n) is 4.51. The van der Waals surface area contributed by atoms with Gasteiger partial charge < -0.3 is 15.3 Å². The van der Waals surface area contributed by atoms with Gasteiger partial charge in [0.25, 0.3) is 0 Å². The molecule has 2 aliphatic heterocycles. The number of benzene rings is 1. The molecule has 11 heteroatoms. The van der Waals surface area contributed by atoms with Gasteiger partial charge in [0.1, 0.15) is 23.0 Å². The van der Waals surface area contributed by atoms with Crippen molar-refractivity contribution in [1.29, 1.82) is 5.26 Å². The largest absolute Gasteiger partial charge is 0.507 e. The molecule has 2 aromatic heterocycles. The number of rotatable bonds is 4. The highest BCUT2D eigenvalue weighted by Gasteiger charge is 2.42. The Balaban J connectivity index is 1.35. The number of nitrogens with one attached hydrogen (secondary N) is 1. The Morgan fingerprint density at radius 1 is 1.25 bits per heavy atom. The first-order valence-corrected chi connectivity index (χ1v) is 11.2. The zero-order valence-electron chi connectivity index (χ0n) is 17.3. The zero-order valence-corrected chi connectivity index (χ0v) is 18.1. The smallest absolute Gasteiger partial charge is 0.218 e. The van der Waals surface area contributed by atoms with Gasteiger partial charge in [-0.25, -0.2) is 9.37 Å². The first kappa shape index (κ1) is 20.7. The number of fused-ring (bicyclic) bond motifs is 2. The number of hydrogen-bond donors (Lipinski definition) is 2. The van der Waals surface area contributed by atoms with Crippen molar-refractivity contribution in [3.05, 3.63) is 29.4 Å². The standard InChI is InChI=1S/C21H21FN8OS/c1-30(15-8-12-3-2-4-14(25-12)19(15)22)17-10-24-20(28-26-17)13-6-5-11(7-16(13)31)21-29-27-18(9-23)32-21/h5-7,10,12,14-15,19,25,31H,2-4,8H2,1H3/t12-,14-,15-,19+/m1/s1. The molecule has 1 aromatic carbocycles. The van der Waals surface area contributed by atoms with Gasteiger partial charge in [0.05, 0.1) is 17.8 Å². The van der Waals surface area contributed by atoms with Gasteiger partial charge in [0.15, 0.2) is 11.6 Å². The summed E-state index contributed by atoms with van der Waals surface area (Å²) in [6, 6.07) is 6.85. The summed E-state index contributed by atoms with van der Waals surface area (Å²) < 4.78 is 15.0. The van der Waals surface area contributed by atoms with Gasteiger partial charge in [-0.05, 0) is 31.4 Å². The molecule has 0 aliphatic carbocycles. The molecule has 2 N–H and O–H groups in total. The highest BCUT2D eigenvalue weighted by Crippen LogP contribution is 2.34. The van der Waals surface area contributed by atoms with E-state index in [2.05, 4.69) is 30.7 Å². The molecule has 5 rings (SSSR count). The maximum Gasteiger partial charge on any atom is 0.218 e. The molecule has 164 valence electrons. The first-order valence-electron chi connectivity index (χ1n) is 10.4. The van der Waals surface area contributed by atoms with Gasteiger partial charge >= 0.3 is 0 Å². The number of nitrogens with zero attached hydrogens (tertiary/aromatic N) is 7. The van der Waals surface area contributed by atoms with Crippen LogP contribution in [0.2, 0.25) is 0 Å². The summed E-state index contributed by atoms with van der Waals surface area (Å²) in [4.78, 5) is 6.19. The van der Waals surface area contributed by atoms with Gasteiger partial charge in [-0.3, -0.25) is 0 Å². The van der Waals surface area contributed by atoms with E-state index in [9.17, 15) is 5.11 Å². The van der Waals surface area contributed by atoms with Crippen LogP contribution in [0.3, 0.4) is 0 Å². The minimum atomic E-state index is -0.975. The Bertz CT molecular complexity index is 1160. The fraction of sp³-hybridized carbons (Fsp3) is 0.429. The molecule has 32 heavy (non-hydrogen) atoms. The number of halogens is 1. The minimum absolute atomic E-state index is 0.0332. The van der Waals surface area contributed by atoms with Crippen LogP contribution in [0.1, 0.15) is 30.7 Å². The summed E-state index contributed by atoms with van der Waals surface area (Å²) in [5, 5.41) is 39.7. The van der Waals surface area contributed by atoms with Crippen molar-refractivity contribution in [2.45, 2.75) is 50.0 Å². The van der Waals surface area contributed by atoms with Crippen LogP contribution in [0.15, 0.2) is 24.4 Å². The Morgan fingerprint density at radius 2 is 2.12 bits per heavy atom. The highest BCUT2D eigenvalue weighted by atomic mass is 32.1. The number of nitriles is 1. The zero-order chi connectivity index (χ0) is 22.2. The van der Waals surface area contributed by atoms with Crippen LogP contribution >= 0.6 is 11.3 Å². The molecule has 0 unspecified atom stereocenters. The van der Waals surface area contributed by atoms with Crippen molar-refractivity contribution in [2.24, 2.45) is 0 Å². The van der Waals surface area contributed by atoms with Gasteiger partial charge in [0.2, 0.25) is 5.01 Å². The summed E-state index contributed by atoms with van der Waals surface area (Å²) in [5.74, 6) is 0.727. The minimum Gasteiger partial charge on any atom is -0.507 e. The van der Waals surface area contributed by atoms with E-state index in [0.717, 1.165) is 37.0 Å². The summed E-state index contributed by atoms with van der Waals surface area (Å²) in [6.45, 7) is 0. The van der Waals surface area contributed by atoms with E-state index in [1.165, 1.54) is 6.07 Å². The highest BCUT2D eigenvalue weighted by molar-refractivity contribution is 7.15. The second-order valence-electron chi connectivity index (χ2n) is 8.16. The fourth-order valence-corrected chi connectivity index (χ4v) is 5.15. The number of aromatic hydroxyl groups is 1. The normalized spacial score (nSPS) is 24.7. The SMILES string of the molecule is CN(c1cnc(-c2ccc(-c3nnc(C#N)s3)cc2O)nn1)[C@@H]1C[C@H]2CCC[C@@H](N2)[C@@H]1F. The summed E-state index contributed by atoms with van der Waals surface area (Å²) in [7, 11) is 1.83. The van der Waals surface area contributed by atoms with E-state index in [0.29, 0.717) is 28.0 Å². The van der Waals surface area contributed by atoms with Gasteiger partial charge in [-0.15, -0.1) is 20.4 Å². The molecular weight excluding hydrogens is 431 g/mol. The van der Waals surface area contributed by atoms with Crippen LogP contribution in [0.5, 0.6) is 5.75 Å². The monoisotopic (exact) mass is 452 g/mol. The van der Waals surface area contributed by atoms with E-state index in [4.69, 9.17) is 5.26 Å². The third-order valence-corrected chi connectivity index (χ3v) is 7.09. The summed E-state index contributed by atoms with van der Waals surface area (Å²) in [6.07, 6.45) is 4.30. The predicted octanol–water partition coefficient (Wildman–Crippen LogP) is 2.69. The van der Waals surface area contributed by atoms with Gasteiger partial charge in [0, 0.05) is 24.7 Å². The van der Waals surface area contributed by atoms with Crippen molar-refractivity contribution in [3.63, 3.8) is 0 Å². The summed E-state index contributed by atoms with van der Waals surface area (Å²) in [5.41, 5.74) is 1.06. The molecular formula is C21H21FN8OS. The van der Waals surface area contributed by atoms with E-state index < -0.39 is 6.17 Å². The number of phenols is 1. The quantitative estimate of drug-likeness (QED) is 0.615. The predicted molar refractivity (Wildman–Crippen MR) is 117 cm³/mol. The molecule has 0 spiro atoms. The van der Waals surface area contributed by atoms with Crippen molar-refractivity contribution in [3.8, 4) is 33.8 Å². The molecule has 9 nitrogen and oxygen atoms in total. The Hall–Kier alpha value is -3.23.